The van der Waals surface area contributed by atoms with Crippen molar-refractivity contribution in [3.8, 4) is 11.3 Å². The van der Waals surface area contributed by atoms with Crippen molar-refractivity contribution >= 4 is 29.9 Å². The van der Waals surface area contributed by atoms with Gasteiger partial charge in [0.15, 0.2) is 0 Å². The summed E-state index contributed by atoms with van der Waals surface area (Å²) in [5.41, 5.74) is 1.19. The molecule has 3 heterocycles. The van der Waals surface area contributed by atoms with E-state index < -0.39 is 23.8 Å². The predicted octanol–water partition coefficient (Wildman–Crippen LogP) is 3.21. The molecule has 9 nitrogen and oxygen atoms in total. The number of carbonyl (C=O) groups excluding carboxylic acids is 3. The summed E-state index contributed by atoms with van der Waals surface area (Å²) in [4.78, 5) is 49.2. The Balaban J connectivity index is 1.64. The molecule has 3 aromatic rings. The van der Waals surface area contributed by atoms with Gasteiger partial charge in [-0.1, -0.05) is 6.07 Å². The highest BCUT2D eigenvalue weighted by Gasteiger charge is 2.36. The molecular weight excluding hydrogens is 404 g/mol. The fourth-order valence-corrected chi connectivity index (χ4v) is 3.13. The van der Waals surface area contributed by atoms with Crippen LogP contribution in [0.3, 0.4) is 0 Å². The summed E-state index contributed by atoms with van der Waals surface area (Å²) in [6.45, 7) is 1.67. The number of amides is 4. The quantitative estimate of drug-likeness (QED) is 0.479. The van der Waals surface area contributed by atoms with E-state index in [2.05, 4.69) is 5.32 Å². The summed E-state index contributed by atoms with van der Waals surface area (Å²) < 4.78 is 10.9. The number of carboxylic acids is 1. The fraction of sp³-hybridized carbons (Fsp3) is 0.0909. The fourth-order valence-electron chi connectivity index (χ4n) is 3.13. The molecule has 0 bridgehead atoms. The van der Waals surface area contributed by atoms with Gasteiger partial charge in [0.25, 0.3) is 11.8 Å². The molecule has 2 aromatic heterocycles. The number of nitrogens with one attached hydrogen (secondary N) is 1. The number of carboxylic acid groups (broad SMARTS) is 1. The lowest BCUT2D eigenvalue weighted by atomic mass is 10.0. The zero-order valence-corrected chi connectivity index (χ0v) is 16.2. The van der Waals surface area contributed by atoms with E-state index in [0.29, 0.717) is 17.1 Å². The van der Waals surface area contributed by atoms with Crippen LogP contribution in [0.4, 0.5) is 4.79 Å². The molecule has 4 amide bonds. The van der Waals surface area contributed by atoms with Crippen LogP contribution in [0.25, 0.3) is 17.4 Å². The number of aryl methyl sites for hydroxylation is 1. The predicted molar refractivity (Wildman–Crippen MR) is 107 cm³/mol. The van der Waals surface area contributed by atoms with E-state index in [4.69, 9.17) is 8.83 Å². The van der Waals surface area contributed by atoms with Gasteiger partial charge in [-0.05, 0) is 55.0 Å². The number of carbonyl (C=O) groups is 4. The van der Waals surface area contributed by atoms with Crippen molar-refractivity contribution in [1.82, 2.24) is 10.2 Å². The summed E-state index contributed by atoms with van der Waals surface area (Å²) >= 11 is 0. The maximum Gasteiger partial charge on any atom is 0.335 e. The van der Waals surface area contributed by atoms with Crippen molar-refractivity contribution in [2.75, 3.05) is 0 Å². The van der Waals surface area contributed by atoms with E-state index in [1.165, 1.54) is 24.5 Å². The van der Waals surface area contributed by atoms with Gasteiger partial charge < -0.3 is 13.9 Å². The monoisotopic (exact) mass is 420 g/mol. The molecule has 1 fully saturated rings. The second kappa shape index (κ2) is 7.79. The minimum absolute atomic E-state index is 0.103. The second-order valence-electron chi connectivity index (χ2n) is 6.82. The molecule has 0 saturated carbocycles. The van der Waals surface area contributed by atoms with Crippen molar-refractivity contribution in [3.05, 3.63) is 76.9 Å². The van der Waals surface area contributed by atoms with Crippen LogP contribution in [-0.4, -0.2) is 33.8 Å². The van der Waals surface area contributed by atoms with Crippen LogP contribution in [0.5, 0.6) is 0 Å². The highest BCUT2D eigenvalue weighted by atomic mass is 16.4. The third-order valence-electron chi connectivity index (χ3n) is 4.74. The smallest absolute Gasteiger partial charge is 0.335 e. The lowest BCUT2D eigenvalue weighted by Crippen LogP contribution is -2.53. The van der Waals surface area contributed by atoms with Gasteiger partial charge in [-0.2, -0.15) is 0 Å². The van der Waals surface area contributed by atoms with E-state index in [1.807, 2.05) is 0 Å². The van der Waals surface area contributed by atoms with Crippen molar-refractivity contribution in [3.63, 3.8) is 0 Å². The average Bonchev–Trinajstić information content (AvgIpc) is 3.40. The zero-order valence-electron chi connectivity index (χ0n) is 16.2. The van der Waals surface area contributed by atoms with Gasteiger partial charge in [0.2, 0.25) is 0 Å². The lowest BCUT2D eigenvalue weighted by molar-refractivity contribution is -0.130. The second-order valence-corrected chi connectivity index (χ2v) is 6.82. The number of barbiturate groups is 1. The van der Waals surface area contributed by atoms with Crippen molar-refractivity contribution in [2.45, 2.75) is 13.5 Å². The van der Waals surface area contributed by atoms with Crippen molar-refractivity contribution < 1.29 is 33.1 Å². The number of hydrogen-bond donors (Lipinski definition) is 2. The minimum atomic E-state index is -1.07. The van der Waals surface area contributed by atoms with Gasteiger partial charge in [0.1, 0.15) is 22.9 Å². The first-order valence-corrected chi connectivity index (χ1v) is 9.19. The Morgan fingerprint density at radius 1 is 1.16 bits per heavy atom. The van der Waals surface area contributed by atoms with Crippen LogP contribution in [0, 0.1) is 6.92 Å². The first-order valence-electron chi connectivity index (χ1n) is 9.19. The van der Waals surface area contributed by atoms with E-state index in [9.17, 15) is 24.3 Å². The van der Waals surface area contributed by atoms with Gasteiger partial charge >= 0.3 is 12.0 Å². The zero-order chi connectivity index (χ0) is 22.1. The highest BCUT2D eigenvalue weighted by molar-refractivity contribution is 6.30. The summed E-state index contributed by atoms with van der Waals surface area (Å²) in [5.74, 6) is -1.74. The third kappa shape index (κ3) is 3.88. The van der Waals surface area contributed by atoms with Crippen LogP contribution >= 0.6 is 0 Å². The SMILES string of the molecule is Cc1ccc(C(=O)O)cc1-c1ccc(C=C2C(=O)NC(=O)N(Cc3ccco3)C2=O)o1. The van der Waals surface area contributed by atoms with Crippen LogP contribution in [0.2, 0.25) is 0 Å². The summed E-state index contributed by atoms with van der Waals surface area (Å²) in [6.07, 6.45) is 2.65. The van der Waals surface area contributed by atoms with Gasteiger partial charge in [-0.3, -0.25) is 19.8 Å². The lowest BCUT2D eigenvalue weighted by Gasteiger charge is -2.25. The van der Waals surface area contributed by atoms with E-state index in [1.54, 1.807) is 37.3 Å². The molecule has 0 spiro atoms. The largest absolute Gasteiger partial charge is 0.478 e. The maximum absolute atomic E-state index is 12.8. The van der Waals surface area contributed by atoms with Crippen molar-refractivity contribution in [2.24, 2.45) is 0 Å². The molecule has 1 aliphatic heterocycles. The van der Waals surface area contributed by atoms with E-state index in [-0.39, 0.29) is 23.4 Å². The van der Waals surface area contributed by atoms with Gasteiger partial charge in [-0.25, -0.2) is 9.59 Å². The number of aromatic carboxylic acids is 1. The Bertz CT molecular complexity index is 1230. The first-order chi connectivity index (χ1) is 14.8. The summed E-state index contributed by atoms with van der Waals surface area (Å²) in [5, 5.41) is 11.3. The molecule has 156 valence electrons. The Hall–Kier alpha value is -4.40. The van der Waals surface area contributed by atoms with Crippen LogP contribution in [0.1, 0.15) is 27.4 Å². The Labute approximate surface area is 175 Å². The van der Waals surface area contributed by atoms with Gasteiger partial charge in [-0.15, -0.1) is 0 Å². The summed E-state index contributed by atoms with van der Waals surface area (Å²) in [7, 11) is 0. The van der Waals surface area contributed by atoms with Gasteiger partial charge in [0.05, 0.1) is 18.4 Å². The molecule has 0 aliphatic carbocycles. The van der Waals surface area contributed by atoms with Gasteiger partial charge in [0, 0.05) is 5.56 Å². The number of hydrogen-bond acceptors (Lipinski definition) is 6. The minimum Gasteiger partial charge on any atom is -0.478 e. The molecule has 1 saturated heterocycles. The molecule has 2 N–H and O–H groups in total. The average molecular weight is 420 g/mol. The van der Waals surface area contributed by atoms with Crippen molar-refractivity contribution in [1.29, 1.82) is 0 Å². The number of rotatable bonds is 5. The molecule has 1 aliphatic rings. The molecule has 1 aromatic carbocycles. The number of imide groups is 2. The number of benzene rings is 1. The molecule has 4 rings (SSSR count). The number of furan rings is 2. The summed E-state index contributed by atoms with van der Waals surface area (Å²) in [6, 6.07) is 10.2. The molecule has 9 heteroatoms. The Morgan fingerprint density at radius 3 is 2.68 bits per heavy atom. The van der Waals surface area contributed by atoms with E-state index >= 15 is 0 Å². The normalized spacial score (nSPS) is 15.5. The Kier molecular flexibility index (Phi) is 5.00. The molecular formula is C22H16N2O7. The molecule has 0 atom stereocenters. The molecule has 0 radical (unpaired) electrons. The topological polar surface area (TPSA) is 130 Å². The highest BCUT2D eigenvalue weighted by Crippen LogP contribution is 2.28. The first kappa shape index (κ1) is 19.9. The molecule has 31 heavy (non-hydrogen) atoms. The van der Waals surface area contributed by atoms with Crippen LogP contribution < -0.4 is 5.32 Å². The molecule has 0 unspecified atom stereocenters. The third-order valence-corrected chi connectivity index (χ3v) is 4.74. The standard InChI is InChI=1S/C22H16N2O7/c1-12-4-5-13(21(27)28)9-16(12)18-7-6-14(31-18)10-17-19(25)23-22(29)24(20(17)26)11-15-3-2-8-30-15/h2-10H,11H2,1H3,(H,27,28)(H,23,25,29). The maximum atomic E-state index is 12.8. The Morgan fingerprint density at radius 2 is 1.97 bits per heavy atom. The number of nitrogens with zero attached hydrogens (tertiary/aromatic N) is 1. The van der Waals surface area contributed by atoms with Crippen LogP contribution in [0.15, 0.2) is 63.1 Å². The van der Waals surface area contributed by atoms with Crippen LogP contribution in [-0.2, 0) is 16.1 Å². The van der Waals surface area contributed by atoms with E-state index in [0.717, 1.165) is 10.5 Å². The number of urea groups is 1.